The van der Waals surface area contributed by atoms with Crippen LogP contribution in [0.5, 0.6) is 0 Å². The first-order chi connectivity index (χ1) is 12.9. The van der Waals surface area contributed by atoms with Crippen LogP contribution in [0.3, 0.4) is 0 Å². The van der Waals surface area contributed by atoms with E-state index in [4.69, 9.17) is 0 Å². The molecule has 0 aromatic heterocycles. The van der Waals surface area contributed by atoms with Crippen LogP contribution >= 0.6 is 24.2 Å². The van der Waals surface area contributed by atoms with E-state index in [2.05, 4.69) is 121 Å². The van der Waals surface area contributed by atoms with E-state index < -0.39 is 7.26 Å². The molecule has 0 spiro atoms. The van der Waals surface area contributed by atoms with Crippen LogP contribution < -0.4 is 15.9 Å². The van der Waals surface area contributed by atoms with E-state index in [9.17, 15) is 0 Å². The van der Waals surface area contributed by atoms with Gasteiger partial charge in [0.2, 0.25) is 0 Å². The molecule has 0 aliphatic rings. The number of rotatable bonds is 5. The van der Waals surface area contributed by atoms with Gasteiger partial charge in [-0.2, -0.15) is 0 Å². The van der Waals surface area contributed by atoms with Gasteiger partial charge in [0.05, 0.1) is 0 Å². The quantitative estimate of drug-likeness (QED) is 0.351. The molecule has 0 fully saturated rings. The minimum atomic E-state index is -1.78. The Bertz CT molecular complexity index is 842. The maximum Gasteiger partial charge on any atom is 0.000637 e. The highest BCUT2D eigenvalue weighted by atomic mass is 79.9. The van der Waals surface area contributed by atoms with Crippen LogP contribution in [0.1, 0.15) is 5.56 Å². The molecule has 0 bridgehead atoms. The third-order valence-electron chi connectivity index (χ3n) is 4.85. The fraction of sp³-hybridized carbons (Fsp3) is 0.0400. The Labute approximate surface area is 173 Å². The zero-order valence-electron chi connectivity index (χ0n) is 15.1. The molecule has 0 N–H and O–H groups in total. The molecule has 4 aromatic rings. The molecule has 2 heteroatoms. The van der Waals surface area contributed by atoms with E-state index in [-0.39, 0.29) is 17.0 Å². The van der Waals surface area contributed by atoms with Gasteiger partial charge >= 0.3 is 0 Å². The first-order valence-electron chi connectivity index (χ1n) is 8.98. The van der Waals surface area contributed by atoms with Crippen molar-refractivity contribution in [3.63, 3.8) is 0 Å². The summed E-state index contributed by atoms with van der Waals surface area (Å²) in [5.74, 6) is 0. The van der Waals surface area contributed by atoms with Gasteiger partial charge < -0.3 is 0 Å². The fourth-order valence-corrected chi connectivity index (χ4v) is 7.87. The minimum Gasteiger partial charge on any atom is -0.114 e. The molecule has 0 unspecified atom stereocenters. The van der Waals surface area contributed by atoms with E-state index in [0.29, 0.717) is 0 Å². The topological polar surface area (TPSA) is 0 Å². The van der Waals surface area contributed by atoms with E-state index in [1.165, 1.54) is 21.5 Å². The van der Waals surface area contributed by atoms with Crippen molar-refractivity contribution in [2.75, 3.05) is 0 Å². The van der Waals surface area contributed by atoms with Gasteiger partial charge in [0, 0.05) is 6.16 Å². The minimum absolute atomic E-state index is 0. The molecular weight excluding hydrogens is 411 g/mol. The molecule has 0 heterocycles. The third-order valence-corrected chi connectivity index (χ3v) is 9.23. The van der Waals surface area contributed by atoms with E-state index in [1.54, 1.807) is 0 Å². The van der Waals surface area contributed by atoms with Gasteiger partial charge in [-0.15, -0.1) is 17.0 Å². The smallest absolute Gasteiger partial charge is 0.000637 e. The van der Waals surface area contributed by atoms with Gasteiger partial charge in [0.1, 0.15) is 0 Å². The van der Waals surface area contributed by atoms with Crippen molar-refractivity contribution in [2.24, 2.45) is 0 Å². The molecule has 4 aromatic carbocycles. The predicted molar refractivity (Wildman–Crippen MR) is 126 cm³/mol. The normalized spacial score (nSPS) is 10.8. The average molecular weight is 434 g/mol. The lowest BCUT2D eigenvalue weighted by atomic mass is 10.2. The summed E-state index contributed by atoms with van der Waals surface area (Å²) in [7, 11) is -1.78. The molecule has 27 heavy (non-hydrogen) atoms. The summed E-state index contributed by atoms with van der Waals surface area (Å²) in [6.07, 6.45) is 1.03. The average Bonchev–Trinajstić information content (AvgIpc) is 2.75. The molecule has 0 amide bonds. The van der Waals surface area contributed by atoms with Crippen molar-refractivity contribution in [2.45, 2.75) is 6.16 Å². The molecule has 0 aliphatic carbocycles. The Morgan fingerprint density at radius 3 is 1.04 bits per heavy atom. The predicted octanol–water partition coefficient (Wildman–Crippen LogP) is 5.76. The Morgan fingerprint density at radius 1 is 0.407 bits per heavy atom. The first-order valence-corrected chi connectivity index (χ1v) is 11.0. The largest absolute Gasteiger partial charge is 0.114 e. The Hall–Kier alpha value is -2.21. The number of benzene rings is 4. The second-order valence-corrected chi connectivity index (χ2v) is 9.95. The summed E-state index contributed by atoms with van der Waals surface area (Å²) in [6.45, 7) is 0. The molecule has 0 saturated heterocycles. The molecule has 0 saturated carbocycles. The maximum atomic E-state index is 2.30. The monoisotopic (exact) mass is 433 g/mol. The highest BCUT2D eigenvalue weighted by molar-refractivity contribution is 8.93. The lowest BCUT2D eigenvalue weighted by Gasteiger charge is -2.38. The molecule has 4 rings (SSSR count). The summed E-state index contributed by atoms with van der Waals surface area (Å²) >= 11 is 0. The van der Waals surface area contributed by atoms with Crippen LogP contribution in [0.2, 0.25) is 0 Å². The molecule has 0 nitrogen and oxygen atoms in total. The summed E-state index contributed by atoms with van der Waals surface area (Å²) < 4.78 is 0. The van der Waals surface area contributed by atoms with Crippen molar-refractivity contribution < 1.29 is 0 Å². The van der Waals surface area contributed by atoms with Crippen LogP contribution in [-0.4, -0.2) is 0 Å². The summed E-state index contributed by atoms with van der Waals surface area (Å²) in [5, 5.41) is 4.30. The number of halogens is 1. The highest BCUT2D eigenvalue weighted by Gasteiger charge is 2.33. The second kappa shape index (κ2) is 9.13. The van der Waals surface area contributed by atoms with Gasteiger partial charge in [0.15, 0.2) is 0 Å². The highest BCUT2D eigenvalue weighted by Crippen LogP contribution is 2.58. The van der Waals surface area contributed by atoms with E-state index in [0.717, 1.165) is 6.16 Å². The Kier molecular flexibility index (Phi) is 6.61. The van der Waals surface area contributed by atoms with Gasteiger partial charge in [-0.1, -0.05) is 121 Å². The van der Waals surface area contributed by atoms with Crippen molar-refractivity contribution >= 4 is 40.2 Å². The zero-order chi connectivity index (χ0) is 17.7. The van der Waals surface area contributed by atoms with E-state index in [1.807, 2.05) is 0 Å². The van der Waals surface area contributed by atoms with Crippen molar-refractivity contribution in [1.82, 2.24) is 0 Å². The Morgan fingerprint density at radius 2 is 0.704 bits per heavy atom. The first kappa shape index (κ1) is 19.5. The van der Waals surface area contributed by atoms with Crippen LogP contribution in [-0.2, 0) is 6.16 Å². The fourth-order valence-electron chi connectivity index (χ4n) is 3.63. The van der Waals surface area contributed by atoms with Gasteiger partial charge in [-0.05, 0) is 28.7 Å². The molecule has 0 atom stereocenters. The summed E-state index contributed by atoms with van der Waals surface area (Å²) in [6, 6.07) is 44.0. The van der Waals surface area contributed by atoms with Gasteiger partial charge in [-0.25, -0.2) is 0 Å². The summed E-state index contributed by atoms with van der Waals surface area (Å²) in [4.78, 5) is 0. The number of hydrogen-bond acceptors (Lipinski definition) is 0. The van der Waals surface area contributed by atoms with Gasteiger partial charge in [-0.3, -0.25) is 0 Å². The molecular formula is C25H23BrP. The third kappa shape index (κ3) is 4.05. The van der Waals surface area contributed by atoms with Gasteiger partial charge in [0.25, 0.3) is 0 Å². The van der Waals surface area contributed by atoms with Crippen molar-refractivity contribution in [1.29, 1.82) is 0 Å². The zero-order valence-corrected chi connectivity index (χ0v) is 17.7. The van der Waals surface area contributed by atoms with Crippen molar-refractivity contribution in [3.8, 4) is 0 Å². The lowest BCUT2D eigenvalue weighted by molar-refractivity contribution is 1.39. The standard InChI is InChI=1S/C25H22P.BrH/c1-5-13-22(14-6-1)21-26(23-15-7-2-8-16-23,24-17-9-3-10-18-24)25-19-11-4-12-20-25;/h1-20H,21H2;1H. The van der Waals surface area contributed by atoms with Crippen LogP contribution in [0.25, 0.3) is 0 Å². The van der Waals surface area contributed by atoms with E-state index >= 15 is 0 Å². The maximum absolute atomic E-state index is 2.30. The lowest BCUT2D eigenvalue weighted by Crippen LogP contribution is -2.32. The molecule has 0 aliphatic heterocycles. The van der Waals surface area contributed by atoms with Crippen molar-refractivity contribution in [3.05, 3.63) is 127 Å². The second-order valence-electron chi connectivity index (χ2n) is 6.46. The van der Waals surface area contributed by atoms with Crippen LogP contribution in [0.15, 0.2) is 121 Å². The van der Waals surface area contributed by atoms with Crippen LogP contribution in [0.4, 0.5) is 0 Å². The molecule has 135 valence electrons. The summed E-state index contributed by atoms with van der Waals surface area (Å²) in [5.41, 5.74) is 1.39. The molecule has 1 radical (unpaired) electrons. The SMILES string of the molecule is Br.c1ccc(C[P](c2ccccc2)(c2ccccc2)c2ccccc2)cc1. The van der Waals surface area contributed by atoms with Crippen LogP contribution in [0, 0.1) is 0 Å². The number of hydrogen-bond donors (Lipinski definition) is 0. The Balaban J connectivity index is 0.00000210.